The molecule has 2 amide bonds. The van der Waals surface area contributed by atoms with Crippen molar-refractivity contribution >= 4 is 33.6 Å². The van der Waals surface area contributed by atoms with Crippen molar-refractivity contribution in [3.05, 3.63) is 179 Å². The average molecular weight is 1310 g/mol. The fourth-order valence-electron chi connectivity index (χ4n) is 15.5. The number of benzene rings is 6. The highest BCUT2D eigenvalue weighted by Crippen LogP contribution is 2.40. The second kappa shape index (κ2) is 27.7. The third-order valence-electron chi connectivity index (χ3n) is 20.3. The lowest BCUT2D eigenvalue weighted by atomic mass is 9.97. The monoisotopic (exact) mass is 1300 g/mol. The fourth-order valence-corrected chi connectivity index (χ4v) is 15.5. The largest absolute Gasteiger partial charge is 0.573 e. The van der Waals surface area contributed by atoms with Gasteiger partial charge in [0.15, 0.2) is 0 Å². The van der Waals surface area contributed by atoms with Gasteiger partial charge in [-0.1, -0.05) is 84.9 Å². The Bertz CT molecular complexity index is 4010. The van der Waals surface area contributed by atoms with Crippen LogP contribution in [0.5, 0.6) is 11.5 Å². The second-order valence-electron chi connectivity index (χ2n) is 26.7. The number of ether oxygens (including phenoxy) is 2. The zero-order chi connectivity index (χ0) is 65.4. The van der Waals surface area contributed by atoms with Gasteiger partial charge in [0, 0.05) is 187 Å². The van der Waals surface area contributed by atoms with Crippen LogP contribution in [0.3, 0.4) is 0 Å². The van der Waals surface area contributed by atoms with Crippen LogP contribution in [0.1, 0.15) is 65.1 Å². The maximum absolute atomic E-state index is 13.9. The van der Waals surface area contributed by atoms with Crippen LogP contribution < -0.4 is 41.4 Å². The van der Waals surface area contributed by atoms with Crippen molar-refractivity contribution in [2.24, 2.45) is 0 Å². The number of halogens is 6. The zero-order valence-electron chi connectivity index (χ0n) is 53.3. The predicted molar refractivity (Wildman–Crippen MR) is 354 cm³/mol. The molecule has 95 heavy (non-hydrogen) atoms. The SMILES string of the molecule is Cc1ccc(C2CNCC(C(=O)NCCCn3cc(-c4ccc(OC(F)(F)F)cc4)c4cc(CN5CC6CC5CN6Cc5ccccc5)ccc43)N2)cc1CN1CC2CC1CN2Cc1ccc2c(c1)c(-c1ccc(OC(F)(F)F)cc1)cn2CCCNC(=O)C1CNCCN1. The molecule has 6 N–H and O–H groups in total. The number of nitrogens with one attached hydrogen (secondary N) is 6. The van der Waals surface area contributed by atoms with E-state index < -0.39 is 18.8 Å². The molecule has 0 saturated carbocycles. The molecule has 8 aromatic rings. The molecule has 6 aliphatic heterocycles. The van der Waals surface area contributed by atoms with Gasteiger partial charge in [-0.15, -0.1) is 26.3 Å². The maximum Gasteiger partial charge on any atom is 0.573 e. The van der Waals surface area contributed by atoms with Gasteiger partial charge in [-0.05, 0) is 126 Å². The molecule has 22 heteroatoms. The van der Waals surface area contributed by atoms with Crippen molar-refractivity contribution in [2.75, 3.05) is 72.0 Å². The topological polar surface area (TPSA) is 148 Å². The summed E-state index contributed by atoms with van der Waals surface area (Å²) < 4.78 is 91.5. The van der Waals surface area contributed by atoms with Gasteiger partial charge >= 0.3 is 12.7 Å². The molecule has 2 aromatic heterocycles. The first-order valence-corrected chi connectivity index (χ1v) is 33.5. The summed E-state index contributed by atoms with van der Waals surface area (Å²) in [5, 5.41) is 22.0. The molecule has 6 aliphatic rings. The summed E-state index contributed by atoms with van der Waals surface area (Å²) in [5.41, 5.74) is 12.7. The molecule has 6 aromatic carbocycles. The van der Waals surface area contributed by atoms with Crippen LogP contribution in [0.25, 0.3) is 44.1 Å². The number of fused-ring (bicyclic) bond motifs is 6. The van der Waals surface area contributed by atoms with Crippen molar-refractivity contribution in [1.82, 2.24) is 60.6 Å². The number of hydrogen-bond donors (Lipinski definition) is 6. The summed E-state index contributed by atoms with van der Waals surface area (Å²) in [6, 6.07) is 43.5. The molecule has 0 spiro atoms. The van der Waals surface area contributed by atoms with Gasteiger partial charge in [-0.2, -0.15) is 0 Å². The molecular weight excluding hydrogens is 1220 g/mol. The summed E-state index contributed by atoms with van der Waals surface area (Å²) in [6.45, 7) is 15.0. The van der Waals surface area contributed by atoms with Crippen LogP contribution in [0.2, 0.25) is 0 Å². The third kappa shape index (κ3) is 15.1. The highest BCUT2D eigenvalue weighted by Gasteiger charge is 2.44. The molecule has 0 aliphatic carbocycles. The van der Waals surface area contributed by atoms with Crippen molar-refractivity contribution < 1.29 is 45.4 Å². The minimum Gasteiger partial charge on any atom is -0.406 e. The standard InChI is InChI=1S/C73H82F6N12O4/c1-47-9-12-53(31-54(47)40-91-44-57-33-58(91)43-90(57)39-50-11-22-68-62(30-50)63(51-13-17-59(18-14-51)94-72(74,75)76)45-86(68)27-5-23-83-70(92)66-35-80-25-26-82-66)65-34-81-36-67(85-65)71(93)84-24-6-28-87-46-64(52-15-19-60(20-16-52)95-73(77,78)79)61-29-49(10-21-69(61)87)38-89-42-55-32-56(89)41-88(55)37-48-7-3-2-4-8-48/h2-4,7-22,29-31,45-46,55-58,65-67,80-82,85H,5-6,23-28,32-44H2,1H3,(H,83,92)(H,84,93). The first-order chi connectivity index (χ1) is 46.0. The Hall–Kier alpha value is -7.80. The van der Waals surface area contributed by atoms with Crippen molar-refractivity contribution in [3.8, 4) is 33.8 Å². The van der Waals surface area contributed by atoms with Crippen LogP contribution in [-0.4, -0.2) is 162 Å². The first kappa shape index (κ1) is 64.5. The van der Waals surface area contributed by atoms with Crippen LogP contribution in [0.15, 0.2) is 146 Å². The summed E-state index contributed by atoms with van der Waals surface area (Å²) in [5.74, 6) is -0.640. The van der Waals surface area contributed by atoms with Crippen LogP contribution >= 0.6 is 0 Å². The van der Waals surface area contributed by atoms with Gasteiger partial charge in [-0.25, -0.2) is 0 Å². The van der Waals surface area contributed by atoms with Gasteiger partial charge in [0.1, 0.15) is 11.5 Å². The number of carbonyl (C=O) groups is 2. The Kier molecular flexibility index (Phi) is 18.8. The highest BCUT2D eigenvalue weighted by atomic mass is 19.4. The van der Waals surface area contributed by atoms with Gasteiger partial charge in [0.25, 0.3) is 0 Å². The van der Waals surface area contributed by atoms with E-state index in [0.29, 0.717) is 82.8 Å². The number of nitrogens with zero attached hydrogens (tertiary/aromatic N) is 6. The van der Waals surface area contributed by atoms with E-state index in [1.165, 1.54) is 46.5 Å². The molecule has 7 atom stereocenters. The minimum absolute atomic E-state index is 0.0290. The van der Waals surface area contributed by atoms with Crippen LogP contribution in [-0.2, 0) is 48.9 Å². The van der Waals surface area contributed by atoms with E-state index in [1.807, 2.05) is 0 Å². The quantitative estimate of drug-likeness (QED) is 0.0268. The number of aryl methyl sites for hydroxylation is 3. The molecule has 7 unspecified atom stereocenters. The number of piperazine rings is 4. The Morgan fingerprint density at radius 1 is 0.526 bits per heavy atom. The predicted octanol–water partition coefficient (Wildman–Crippen LogP) is 9.83. The fraction of sp³-hybridized carbons (Fsp3) is 0.425. The Labute approximate surface area is 549 Å². The smallest absolute Gasteiger partial charge is 0.406 e. The van der Waals surface area contributed by atoms with E-state index in [1.54, 1.807) is 24.3 Å². The van der Waals surface area contributed by atoms with Gasteiger partial charge in [-0.3, -0.25) is 34.5 Å². The zero-order valence-corrected chi connectivity index (χ0v) is 53.3. The number of rotatable bonds is 23. The van der Waals surface area contributed by atoms with E-state index >= 15 is 0 Å². The van der Waals surface area contributed by atoms with Crippen molar-refractivity contribution in [1.29, 1.82) is 0 Å². The number of hydrogen-bond acceptors (Lipinski definition) is 12. The Morgan fingerprint density at radius 2 is 1.02 bits per heavy atom. The lowest BCUT2D eigenvalue weighted by molar-refractivity contribution is -0.275. The first-order valence-electron chi connectivity index (χ1n) is 33.5. The molecular formula is C73H82F6N12O4. The van der Waals surface area contributed by atoms with E-state index in [4.69, 9.17) is 0 Å². The Balaban J connectivity index is 0.581. The van der Waals surface area contributed by atoms with E-state index in [-0.39, 0.29) is 35.4 Å². The van der Waals surface area contributed by atoms with E-state index in [0.717, 1.165) is 133 Å². The normalized spacial score (nSPS) is 22.7. The molecule has 6 fully saturated rings. The third-order valence-corrected chi connectivity index (χ3v) is 20.3. The summed E-state index contributed by atoms with van der Waals surface area (Å²) in [7, 11) is 0. The van der Waals surface area contributed by atoms with Crippen LogP contribution in [0.4, 0.5) is 26.3 Å². The lowest BCUT2D eigenvalue weighted by Gasteiger charge is -2.35. The van der Waals surface area contributed by atoms with Crippen molar-refractivity contribution in [3.63, 3.8) is 0 Å². The molecule has 16 nitrogen and oxygen atoms in total. The Morgan fingerprint density at radius 3 is 1.52 bits per heavy atom. The summed E-state index contributed by atoms with van der Waals surface area (Å²) in [4.78, 5) is 37.1. The van der Waals surface area contributed by atoms with Gasteiger partial charge < -0.3 is 45.2 Å². The van der Waals surface area contributed by atoms with Gasteiger partial charge in [0.05, 0.1) is 12.1 Å². The second-order valence-corrected chi connectivity index (χ2v) is 26.7. The molecule has 500 valence electrons. The van der Waals surface area contributed by atoms with Crippen LogP contribution in [0, 0.1) is 6.92 Å². The maximum atomic E-state index is 13.9. The molecule has 6 saturated heterocycles. The molecule has 14 rings (SSSR count). The summed E-state index contributed by atoms with van der Waals surface area (Å²) >= 11 is 0. The average Bonchev–Trinajstić information content (AvgIpc) is 1.64. The molecule has 8 heterocycles. The number of amides is 2. The lowest BCUT2D eigenvalue weighted by Crippen LogP contribution is -2.57. The molecule has 4 bridgehead atoms. The number of alkyl halides is 6. The van der Waals surface area contributed by atoms with E-state index in [2.05, 4.69) is 174 Å². The van der Waals surface area contributed by atoms with Gasteiger partial charge in [0.2, 0.25) is 11.8 Å². The highest BCUT2D eigenvalue weighted by molar-refractivity contribution is 5.98. The summed E-state index contributed by atoms with van der Waals surface area (Å²) in [6.07, 6.45) is -1.86. The number of likely N-dealkylation sites (tertiary alicyclic amines) is 4. The minimum atomic E-state index is -4.79. The number of carbonyl (C=O) groups excluding carboxylic acids is 2. The molecule has 0 radical (unpaired) electrons. The number of aromatic nitrogens is 2. The van der Waals surface area contributed by atoms with Crippen molar-refractivity contribution in [2.45, 2.75) is 127 Å². The van der Waals surface area contributed by atoms with E-state index in [9.17, 15) is 35.9 Å².